The third kappa shape index (κ3) is 4.98. The van der Waals surface area contributed by atoms with Crippen LogP contribution in [0.1, 0.15) is 25.1 Å². The second-order valence-electron chi connectivity index (χ2n) is 6.70. The molecule has 2 aromatic heterocycles. The summed E-state index contributed by atoms with van der Waals surface area (Å²) in [5.41, 5.74) is 2.31. The molecule has 150 valence electrons. The van der Waals surface area contributed by atoms with E-state index in [2.05, 4.69) is 25.3 Å². The Labute approximate surface area is 166 Å². The Morgan fingerprint density at radius 3 is 2.59 bits per heavy atom. The quantitative estimate of drug-likeness (QED) is 0.476. The van der Waals surface area contributed by atoms with Crippen LogP contribution in [0.4, 0.5) is 11.6 Å². The number of hydrogen-bond donors (Lipinski definition) is 1. The molecular formula is C19H20N6O4. The van der Waals surface area contributed by atoms with Crippen LogP contribution in [0.15, 0.2) is 30.5 Å². The summed E-state index contributed by atoms with van der Waals surface area (Å²) in [6.07, 6.45) is 2.08. The highest BCUT2D eigenvalue weighted by Crippen LogP contribution is 2.22. The molecule has 0 saturated carbocycles. The van der Waals surface area contributed by atoms with Crippen LogP contribution in [0.25, 0.3) is 11.2 Å². The number of nitrogens with one attached hydrogen (secondary N) is 1. The summed E-state index contributed by atoms with van der Waals surface area (Å²) >= 11 is 0. The van der Waals surface area contributed by atoms with E-state index >= 15 is 0 Å². The molecule has 0 aliphatic heterocycles. The van der Waals surface area contributed by atoms with E-state index < -0.39 is 4.92 Å². The highest BCUT2D eigenvalue weighted by molar-refractivity contribution is 5.91. The van der Waals surface area contributed by atoms with E-state index in [1.807, 2.05) is 0 Å². The molecule has 0 bridgehead atoms. The van der Waals surface area contributed by atoms with Gasteiger partial charge < -0.3 is 4.74 Å². The molecule has 29 heavy (non-hydrogen) atoms. The Kier molecular flexibility index (Phi) is 5.91. The minimum Gasteiger partial charge on any atom is -0.476 e. The summed E-state index contributed by atoms with van der Waals surface area (Å²) in [5, 5.41) is 13.4. The molecule has 1 aromatic carbocycles. The maximum absolute atomic E-state index is 12.0. The maximum Gasteiger partial charge on any atom is 0.269 e. The second kappa shape index (κ2) is 8.55. The number of amides is 1. The summed E-state index contributed by atoms with van der Waals surface area (Å²) in [6, 6.07) is 6.25. The van der Waals surface area contributed by atoms with Crippen LogP contribution in [-0.4, -0.2) is 37.4 Å². The number of non-ortho nitro benzene ring substituents is 1. The van der Waals surface area contributed by atoms with Gasteiger partial charge in [-0.15, -0.1) is 0 Å². The molecule has 0 fully saturated rings. The van der Waals surface area contributed by atoms with E-state index in [0.717, 1.165) is 5.56 Å². The average Bonchev–Trinajstić information content (AvgIpc) is 2.68. The van der Waals surface area contributed by atoms with Crippen LogP contribution in [-0.2, 0) is 11.2 Å². The normalized spacial score (nSPS) is 10.9. The van der Waals surface area contributed by atoms with Crippen molar-refractivity contribution in [2.24, 2.45) is 5.92 Å². The Morgan fingerprint density at radius 2 is 1.93 bits per heavy atom. The van der Waals surface area contributed by atoms with Crippen molar-refractivity contribution in [3.05, 3.63) is 51.8 Å². The monoisotopic (exact) mass is 396 g/mol. The van der Waals surface area contributed by atoms with E-state index in [1.165, 1.54) is 12.1 Å². The average molecular weight is 396 g/mol. The lowest BCUT2D eigenvalue weighted by Crippen LogP contribution is -2.20. The number of anilines is 1. The predicted molar refractivity (Wildman–Crippen MR) is 106 cm³/mol. The molecule has 0 spiro atoms. The number of carbonyl (C=O) groups is 1. The van der Waals surface area contributed by atoms with Crippen molar-refractivity contribution in [2.45, 2.75) is 27.2 Å². The molecule has 0 aliphatic carbocycles. The van der Waals surface area contributed by atoms with Gasteiger partial charge in [0.05, 0.1) is 23.4 Å². The van der Waals surface area contributed by atoms with Gasteiger partial charge in [-0.2, -0.15) is 9.97 Å². The molecule has 0 radical (unpaired) electrons. The number of aryl methyl sites for hydroxylation is 1. The van der Waals surface area contributed by atoms with E-state index in [-0.39, 0.29) is 35.9 Å². The standard InChI is InChI=1S/C19H20N6O4/c1-11(2)17(26)23-19-22-16-15(21-12(3)10-20-16)18(24-19)29-9-8-13-4-6-14(7-5-13)25(27)28/h4-7,10-11H,8-9H2,1-3H3,(H,20,22,23,24,26). The van der Waals surface area contributed by atoms with Crippen LogP contribution in [0.5, 0.6) is 5.88 Å². The molecule has 0 unspecified atom stereocenters. The van der Waals surface area contributed by atoms with E-state index in [9.17, 15) is 14.9 Å². The molecule has 10 heteroatoms. The third-order valence-electron chi connectivity index (χ3n) is 4.03. The largest absolute Gasteiger partial charge is 0.476 e. The predicted octanol–water partition coefficient (Wildman–Crippen LogP) is 2.85. The number of fused-ring (bicyclic) bond motifs is 1. The van der Waals surface area contributed by atoms with Gasteiger partial charge in [-0.1, -0.05) is 26.0 Å². The number of aromatic nitrogens is 4. The molecule has 3 aromatic rings. The van der Waals surface area contributed by atoms with Crippen molar-refractivity contribution in [2.75, 3.05) is 11.9 Å². The summed E-state index contributed by atoms with van der Waals surface area (Å²) in [4.78, 5) is 39.4. The van der Waals surface area contributed by atoms with Gasteiger partial charge in [0.1, 0.15) is 0 Å². The SMILES string of the molecule is Cc1cnc2nc(NC(=O)C(C)C)nc(OCCc3ccc([N+](=O)[O-])cc3)c2n1. The number of nitro benzene ring substituents is 1. The van der Waals surface area contributed by atoms with Crippen LogP contribution in [0.2, 0.25) is 0 Å². The molecule has 0 saturated heterocycles. The molecule has 2 heterocycles. The van der Waals surface area contributed by atoms with Gasteiger partial charge in [-0.3, -0.25) is 20.2 Å². The fourth-order valence-electron chi connectivity index (χ4n) is 2.43. The van der Waals surface area contributed by atoms with Crippen LogP contribution < -0.4 is 10.1 Å². The number of rotatable bonds is 7. The van der Waals surface area contributed by atoms with Crippen molar-refractivity contribution in [1.82, 2.24) is 19.9 Å². The topological polar surface area (TPSA) is 133 Å². The highest BCUT2D eigenvalue weighted by Gasteiger charge is 2.15. The number of nitro groups is 1. The first-order chi connectivity index (χ1) is 13.8. The number of nitrogens with zero attached hydrogens (tertiary/aromatic N) is 5. The van der Waals surface area contributed by atoms with Crippen molar-refractivity contribution in [3.8, 4) is 5.88 Å². The van der Waals surface area contributed by atoms with Gasteiger partial charge in [-0.05, 0) is 12.5 Å². The van der Waals surface area contributed by atoms with Gasteiger partial charge in [-0.25, -0.2) is 9.97 Å². The van der Waals surface area contributed by atoms with Crippen molar-refractivity contribution >= 4 is 28.7 Å². The van der Waals surface area contributed by atoms with Gasteiger partial charge in [0.15, 0.2) is 11.2 Å². The molecule has 1 N–H and O–H groups in total. The molecular weight excluding hydrogens is 376 g/mol. The summed E-state index contributed by atoms with van der Waals surface area (Å²) in [5.74, 6) is -0.141. The van der Waals surface area contributed by atoms with Gasteiger partial charge in [0, 0.05) is 24.5 Å². The minimum atomic E-state index is -0.443. The third-order valence-corrected chi connectivity index (χ3v) is 4.03. The number of benzene rings is 1. The molecule has 1 amide bonds. The van der Waals surface area contributed by atoms with Crippen molar-refractivity contribution in [3.63, 3.8) is 0 Å². The first-order valence-electron chi connectivity index (χ1n) is 9.02. The van der Waals surface area contributed by atoms with Crippen molar-refractivity contribution in [1.29, 1.82) is 0 Å². The molecule has 0 atom stereocenters. The smallest absolute Gasteiger partial charge is 0.269 e. The summed E-state index contributed by atoms with van der Waals surface area (Å²) < 4.78 is 5.80. The van der Waals surface area contributed by atoms with E-state index in [1.54, 1.807) is 39.1 Å². The zero-order valence-corrected chi connectivity index (χ0v) is 16.2. The van der Waals surface area contributed by atoms with E-state index in [0.29, 0.717) is 23.3 Å². The van der Waals surface area contributed by atoms with Crippen LogP contribution in [0, 0.1) is 23.0 Å². The lowest BCUT2D eigenvalue weighted by Gasteiger charge is -2.11. The van der Waals surface area contributed by atoms with Gasteiger partial charge >= 0.3 is 0 Å². The Morgan fingerprint density at radius 1 is 1.21 bits per heavy atom. The first-order valence-corrected chi connectivity index (χ1v) is 9.02. The van der Waals surface area contributed by atoms with Crippen LogP contribution >= 0.6 is 0 Å². The Hall–Kier alpha value is -3.69. The van der Waals surface area contributed by atoms with Gasteiger partial charge in [0.2, 0.25) is 17.7 Å². The van der Waals surface area contributed by atoms with Gasteiger partial charge in [0.25, 0.3) is 5.69 Å². The summed E-state index contributed by atoms with van der Waals surface area (Å²) in [7, 11) is 0. The molecule has 3 rings (SSSR count). The van der Waals surface area contributed by atoms with Crippen molar-refractivity contribution < 1.29 is 14.5 Å². The Balaban J connectivity index is 1.79. The number of hydrogen-bond acceptors (Lipinski definition) is 8. The zero-order valence-electron chi connectivity index (χ0n) is 16.2. The maximum atomic E-state index is 12.0. The Bertz CT molecular complexity index is 1050. The summed E-state index contributed by atoms with van der Waals surface area (Å²) in [6.45, 7) is 5.58. The highest BCUT2D eigenvalue weighted by atomic mass is 16.6. The van der Waals surface area contributed by atoms with E-state index in [4.69, 9.17) is 4.74 Å². The fourth-order valence-corrected chi connectivity index (χ4v) is 2.43. The minimum absolute atomic E-state index is 0.0350. The number of ether oxygens (including phenoxy) is 1. The lowest BCUT2D eigenvalue weighted by atomic mass is 10.1. The zero-order chi connectivity index (χ0) is 21.0. The molecule has 0 aliphatic rings. The number of carbonyl (C=O) groups excluding carboxylic acids is 1. The van der Waals surface area contributed by atoms with Crippen LogP contribution in [0.3, 0.4) is 0 Å². The first kappa shape index (κ1) is 20.1. The second-order valence-corrected chi connectivity index (χ2v) is 6.70. The lowest BCUT2D eigenvalue weighted by molar-refractivity contribution is -0.384. The fraction of sp³-hybridized carbons (Fsp3) is 0.316. The molecule has 10 nitrogen and oxygen atoms in total.